The Bertz CT molecular complexity index is 682. The minimum absolute atomic E-state index is 0.00802. The van der Waals surface area contributed by atoms with Crippen LogP contribution in [0, 0.1) is 0 Å². The highest BCUT2D eigenvalue weighted by molar-refractivity contribution is 6.40. The molecule has 0 N–H and O–H groups in total. The van der Waals surface area contributed by atoms with Crippen LogP contribution in [0.25, 0.3) is 5.57 Å². The van der Waals surface area contributed by atoms with Crippen LogP contribution >= 0.6 is 0 Å². The van der Waals surface area contributed by atoms with E-state index in [1.807, 2.05) is 6.92 Å². The third-order valence-electron chi connectivity index (χ3n) is 3.73. The van der Waals surface area contributed by atoms with Crippen LogP contribution in [0.1, 0.15) is 49.5 Å². The molecule has 0 aliphatic carbocycles. The fraction of sp³-hybridized carbons (Fsp3) is 0.353. The van der Waals surface area contributed by atoms with E-state index < -0.39 is 5.91 Å². The summed E-state index contributed by atoms with van der Waals surface area (Å²) < 4.78 is 5.30. The number of hydrogen-bond donors (Lipinski definition) is 0. The first-order valence-electron chi connectivity index (χ1n) is 7.25. The van der Waals surface area contributed by atoms with Gasteiger partial charge in [-0.15, -0.1) is 0 Å². The first-order valence-corrected chi connectivity index (χ1v) is 7.25. The van der Waals surface area contributed by atoms with E-state index in [9.17, 15) is 14.4 Å². The van der Waals surface area contributed by atoms with Crippen molar-refractivity contribution in [3.8, 4) is 0 Å². The number of Topliss-reactive ketones (excluding diaryl/α,β-unsaturated/α-hetero) is 1. The summed E-state index contributed by atoms with van der Waals surface area (Å²) in [6.45, 7) is 5.00. The first kappa shape index (κ1) is 15.9. The van der Waals surface area contributed by atoms with Gasteiger partial charge in [-0.25, -0.2) is 4.90 Å². The average Bonchev–Trinajstić information content (AvgIpc) is 2.80. The molecule has 1 aliphatic rings. The van der Waals surface area contributed by atoms with Crippen molar-refractivity contribution in [1.29, 1.82) is 0 Å². The maximum absolute atomic E-state index is 12.6. The molecule has 0 saturated carbocycles. The Hall–Kier alpha value is -2.43. The SMILES string of the molecule is CCC(=O)c1ccc2c(c1)C(=C(CC)OC)C(=O)N2C(C)=O. The zero-order valence-corrected chi connectivity index (χ0v) is 13.2. The van der Waals surface area contributed by atoms with Crippen molar-refractivity contribution in [2.24, 2.45) is 0 Å². The standard InChI is InChI=1S/C17H19NO4/c1-5-14(20)11-7-8-13-12(9-11)16(15(6-2)22-4)17(21)18(13)10(3)19/h7-9H,5-6H2,1-4H3. The Morgan fingerprint density at radius 3 is 2.36 bits per heavy atom. The van der Waals surface area contributed by atoms with Gasteiger partial charge in [-0.2, -0.15) is 0 Å². The van der Waals surface area contributed by atoms with Gasteiger partial charge < -0.3 is 4.74 Å². The summed E-state index contributed by atoms with van der Waals surface area (Å²) >= 11 is 0. The van der Waals surface area contributed by atoms with Crippen molar-refractivity contribution < 1.29 is 19.1 Å². The fourth-order valence-electron chi connectivity index (χ4n) is 2.65. The summed E-state index contributed by atoms with van der Waals surface area (Å²) in [6, 6.07) is 4.97. The van der Waals surface area contributed by atoms with Gasteiger partial charge in [0.2, 0.25) is 5.91 Å². The number of imide groups is 1. The molecule has 0 fully saturated rings. The highest BCUT2D eigenvalue weighted by Crippen LogP contribution is 2.40. The van der Waals surface area contributed by atoms with Crippen LogP contribution in [0.3, 0.4) is 0 Å². The summed E-state index contributed by atoms with van der Waals surface area (Å²) in [5.41, 5.74) is 1.98. The number of carbonyl (C=O) groups is 3. The summed E-state index contributed by atoms with van der Waals surface area (Å²) in [6.07, 6.45) is 0.905. The van der Waals surface area contributed by atoms with Crippen molar-refractivity contribution in [3.63, 3.8) is 0 Å². The molecule has 0 radical (unpaired) electrons. The smallest absolute Gasteiger partial charge is 0.269 e. The monoisotopic (exact) mass is 301 g/mol. The summed E-state index contributed by atoms with van der Waals surface area (Å²) in [7, 11) is 1.50. The van der Waals surface area contributed by atoms with Crippen LogP contribution < -0.4 is 4.90 Å². The lowest BCUT2D eigenvalue weighted by Crippen LogP contribution is -2.31. The van der Waals surface area contributed by atoms with Crippen LogP contribution in [0.2, 0.25) is 0 Å². The second-order valence-electron chi connectivity index (χ2n) is 5.02. The molecule has 1 aromatic rings. The van der Waals surface area contributed by atoms with Crippen LogP contribution in [-0.4, -0.2) is 24.7 Å². The molecule has 0 saturated heterocycles. The molecule has 1 aromatic carbocycles. The van der Waals surface area contributed by atoms with Gasteiger partial charge in [-0.1, -0.05) is 13.8 Å². The molecular weight excluding hydrogens is 282 g/mol. The molecule has 5 heteroatoms. The van der Waals surface area contributed by atoms with E-state index in [-0.39, 0.29) is 11.7 Å². The molecule has 116 valence electrons. The minimum Gasteiger partial charge on any atom is -0.500 e. The van der Waals surface area contributed by atoms with Crippen molar-refractivity contribution >= 4 is 28.9 Å². The van der Waals surface area contributed by atoms with Gasteiger partial charge in [-0.05, 0) is 18.2 Å². The number of carbonyl (C=O) groups excluding carboxylic acids is 3. The topological polar surface area (TPSA) is 63.7 Å². The van der Waals surface area contributed by atoms with E-state index in [4.69, 9.17) is 4.74 Å². The molecule has 0 spiro atoms. The van der Waals surface area contributed by atoms with Gasteiger partial charge in [0.25, 0.3) is 5.91 Å². The largest absolute Gasteiger partial charge is 0.500 e. The third kappa shape index (κ3) is 2.43. The highest BCUT2D eigenvalue weighted by atomic mass is 16.5. The van der Waals surface area contributed by atoms with E-state index in [2.05, 4.69) is 0 Å². The number of amides is 2. The number of anilines is 1. The third-order valence-corrected chi connectivity index (χ3v) is 3.73. The number of ketones is 1. The van der Waals surface area contributed by atoms with Gasteiger partial charge in [0.15, 0.2) is 5.78 Å². The van der Waals surface area contributed by atoms with Gasteiger partial charge in [0, 0.05) is 30.9 Å². The van der Waals surface area contributed by atoms with Crippen LogP contribution in [0.5, 0.6) is 0 Å². The molecule has 2 amide bonds. The average molecular weight is 301 g/mol. The zero-order chi connectivity index (χ0) is 16.4. The molecule has 0 atom stereocenters. The fourth-order valence-corrected chi connectivity index (χ4v) is 2.65. The Morgan fingerprint density at radius 2 is 1.86 bits per heavy atom. The van der Waals surface area contributed by atoms with Crippen molar-refractivity contribution in [3.05, 3.63) is 35.1 Å². The van der Waals surface area contributed by atoms with Gasteiger partial charge in [0.1, 0.15) is 5.76 Å². The van der Waals surface area contributed by atoms with E-state index in [1.54, 1.807) is 25.1 Å². The number of hydrogen-bond acceptors (Lipinski definition) is 4. The Kier molecular flexibility index (Phi) is 4.45. The van der Waals surface area contributed by atoms with Crippen molar-refractivity contribution in [1.82, 2.24) is 0 Å². The zero-order valence-electron chi connectivity index (χ0n) is 13.2. The molecule has 22 heavy (non-hydrogen) atoms. The van der Waals surface area contributed by atoms with Crippen LogP contribution in [-0.2, 0) is 14.3 Å². The maximum Gasteiger partial charge on any atom is 0.269 e. The molecule has 1 aliphatic heterocycles. The van der Waals surface area contributed by atoms with E-state index >= 15 is 0 Å². The molecule has 0 bridgehead atoms. The Labute approximate surface area is 129 Å². The van der Waals surface area contributed by atoms with Gasteiger partial charge >= 0.3 is 0 Å². The number of allylic oxidation sites excluding steroid dienone is 1. The quantitative estimate of drug-likeness (QED) is 0.487. The van der Waals surface area contributed by atoms with E-state index in [0.717, 1.165) is 4.90 Å². The lowest BCUT2D eigenvalue weighted by molar-refractivity contribution is -0.122. The molecule has 2 rings (SSSR count). The van der Waals surface area contributed by atoms with Crippen LogP contribution in [0.15, 0.2) is 24.0 Å². The minimum atomic E-state index is -0.401. The summed E-state index contributed by atoms with van der Waals surface area (Å²) in [4.78, 5) is 37.4. The van der Waals surface area contributed by atoms with E-state index in [1.165, 1.54) is 14.0 Å². The highest BCUT2D eigenvalue weighted by Gasteiger charge is 2.37. The molecular formula is C17H19NO4. The lowest BCUT2D eigenvalue weighted by Gasteiger charge is -2.12. The molecule has 5 nitrogen and oxygen atoms in total. The predicted octanol–water partition coefficient (Wildman–Crippen LogP) is 2.94. The van der Waals surface area contributed by atoms with Gasteiger partial charge in [0.05, 0.1) is 18.4 Å². The number of rotatable bonds is 4. The summed E-state index contributed by atoms with van der Waals surface area (Å²) in [5, 5.41) is 0. The Morgan fingerprint density at radius 1 is 1.18 bits per heavy atom. The van der Waals surface area contributed by atoms with E-state index in [0.29, 0.717) is 41.0 Å². The van der Waals surface area contributed by atoms with Crippen LogP contribution in [0.4, 0.5) is 5.69 Å². The normalized spacial score (nSPS) is 15.6. The summed E-state index contributed by atoms with van der Waals surface area (Å²) in [5.74, 6) is -0.257. The number of ether oxygens (including phenoxy) is 1. The first-order chi connectivity index (χ1) is 10.5. The number of nitrogens with zero attached hydrogens (tertiary/aromatic N) is 1. The van der Waals surface area contributed by atoms with Crippen molar-refractivity contribution in [2.75, 3.05) is 12.0 Å². The second kappa shape index (κ2) is 6.13. The molecule has 0 unspecified atom stereocenters. The van der Waals surface area contributed by atoms with Crippen molar-refractivity contribution in [2.45, 2.75) is 33.6 Å². The van der Waals surface area contributed by atoms with Gasteiger partial charge in [-0.3, -0.25) is 14.4 Å². The number of methoxy groups -OCH3 is 1. The maximum atomic E-state index is 12.6. The lowest BCUT2D eigenvalue weighted by atomic mass is 9.99. The molecule has 1 heterocycles. The second-order valence-corrected chi connectivity index (χ2v) is 5.02. The predicted molar refractivity (Wildman–Crippen MR) is 83.5 cm³/mol. The molecule has 0 aromatic heterocycles. The number of fused-ring (bicyclic) bond motifs is 1. The number of benzene rings is 1. The Balaban J connectivity index is 2.72.